The fraction of sp³-hybridized carbons (Fsp3) is 0.933. The van der Waals surface area contributed by atoms with Gasteiger partial charge in [-0.15, -0.1) is 0 Å². The minimum absolute atomic E-state index is 0.101. The van der Waals surface area contributed by atoms with Crippen molar-refractivity contribution in [3.05, 3.63) is 12.2 Å². The van der Waals surface area contributed by atoms with E-state index in [2.05, 4.69) is 66.8 Å². The first kappa shape index (κ1) is 28.8. The summed E-state index contributed by atoms with van der Waals surface area (Å²) in [4.78, 5) is 0. The van der Waals surface area contributed by atoms with Gasteiger partial charge < -0.3 is 24.1 Å². The largest absolute Gasteiger partial charge is 0.414 e. The molecule has 10 atom stereocenters. The molecule has 6 heteroatoms. The molecule has 4 aliphatic carbocycles. The smallest absolute Gasteiger partial charge is 0.192 e. The highest BCUT2D eigenvalue weighted by Crippen LogP contribution is 2.68. The van der Waals surface area contributed by atoms with E-state index in [1.807, 2.05) is 0 Å². The second kappa shape index (κ2) is 9.44. The number of hydrogen-bond acceptors (Lipinski definition) is 5. The predicted octanol–water partition coefficient (Wildman–Crippen LogP) is 6.15. The van der Waals surface area contributed by atoms with Crippen LogP contribution < -0.4 is 0 Å². The van der Waals surface area contributed by atoms with E-state index in [0.29, 0.717) is 36.5 Å². The van der Waals surface area contributed by atoms with Crippen LogP contribution in [0.25, 0.3) is 0 Å². The van der Waals surface area contributed by atoms with Crippen molar-refractivity contribution in [3.8, 4) is 0 Å². The van der Waals surface area contributed by atoms with Crippen LogP contribution in [0.3, 0.4) is 0 Å². The number of aliphatic hydroxyl groups excluding tert-OH is 1. The summed E-state index contributed by atoms with van der Waals surface area (Å²) in [6.45, 7) is 18.2. The fourth-order valence-electron chi connectivity index (χ4n) is 8.98. The molecule has 0 aliphatic heterocycles. The molecule has 4 aliphatic rings. The Bertz CT molecular complexity index is 834. The Morgan fingerprint density at radius 3 is 2.25 bits per heavy atom. The summed E-state index contributed by atoms with van der Waals surface area (Å²) in [5, 5.41) is 24.0. The second-order valence-corrected chi connectivity index (χ2v) is 19.5. The van der Waals surface area contributed by atoms with Crippen LogP contribution >= 0.6 is 0 Å². The summed E-state index contributed by atoms with van der Waals surface area (Å²) >= 11 is 0. The maximum Gasteiger partial charge on any atom is 0.192 e. The van der Waals surface area contributed by atoms with Crippen LogP contribution in [0, 0.1) is 40.4 Å². The molecule has 0 aromatic carbocycles. The zero-order chi connectivity index (χ0) is 26.9. The van der Waals surface area contributed by atoms with Gasteiger partial charge in [-0.2, -0.15) is 0 Å². The van der Waals surface area contributed by atoms with E-state index in [0.717, 1.165) is 12.8 Å². The third-order valence-electron chi connectivity index (χ3n) is 12.2. The Kier molecular flexibility index (Phi) is 7.54. The molecular weight excluding hydrogens is 468 g/mol. The van der Waals surface area contributed by atoms with Crippen LogP contribution in [0.1, 0.15) is 80.1 Å². The molecule has 0 aromatic heterocycles. The Morgan fingerprint density at radius 2 is 1.67 bits per heavy atom. The molecule has 2 N–H and O–H groups in total. The molecule has 0 saturated heterocycles. The van der Waals surface area contributed by atoms with Gasteiger partial charge in [0.25, 0.3) is 0 Å². The maximum absolute atomic E-state index is 12.2. The molecule has 0 radical (unpaired) electrons. The predicted molar refractivity (Wildman–Crippen MR) is 147 cm³/mol. The lowest BCUT2D eigenvalue weighted by molar-refractivity contribution is -0.217. The molecule has 36 heavy (non-hydrogen) atoms. The van der Waals surface area contributed by atoms with Crippen molar-refractivity contribution < 1.29 is 24.1 Å². The summed E-state index contributed by atoms with van der Waals surface area (Å²) in [5.41, 5.74) is -1.36. The van der Waals surface area contributed by atoms with E-state index in [9.17, 15) is 10.2 Å². The van der Waals surface area contributed by atoms with Gasteiger partial charge in [-0.05, 0) is 79.3 Å². The lowest BCUT2D eigenvalue weighted by atomic mass is 9.44. The summed E-state index contributed by atoms with van der Waals surface area (Å²) in [6, 6.07) is 0. The molecular formula is C30H54O5Si. The molecule has 4 rings (SSSR count). The van der Waals surface area contributed by atoms with Gasteiger partial charge in [0.1, 0.15) is 0 Å². The van der Waals surface area contributed by atoms with Gasteiger partial charge in [-0.1, -0.05) is 53.7 Å². The third-order valence-corrected chi connectivity index (χ3v) is 16.8. The number of allylic oxidation sites excluding steroid dienone is 1. The first-order valence-electron chi connectivity index (χ1n) is 14.4. The van der Waals surface area contributed by atoms with Crippen LogP contribution in [0.2, 0.25) is 18.1 Å². The number of hydrogen-bond donors (Lipinski definition) is 2. The van der Waals surface area contributed by atoms with E-state index < -0.39 is 25.4 Å². The molecule has 0 amide bonds. The molecule has 0 heterocycles. The standard InChI is InChI=1S/C30H54O5Si/c1-19(26(33-7)34-8)22-11-12-23-21-13-16-30(32)18-20(35-36(9,10)27(2,3)4)17-25(31)29(30,6)24(21)14-15-28(22,23)5/h13,16,19-26,31-32H,11-12,14-15,17-18H2,1-10H3/t19?,20-,21-,22+,23-,24-,25-,28+,29-,30+/m0/s1. The van der Waals surface area contributed by atoms with Gasteiger partial charge in [-0.3, -0.25) is 0 Å². The molecule has 5 nitrogen and oxygen atoms in total. The zero-order valence-corrected chi connectivity index (χ0v) is 25.6. The van der Waals surface area contributed by atoms with Gasteiger partial charge in [0.05, 0.1) is 17.8 Å². The van der Waals surface area contributed by atoms with Crippen molar-refractivity contribution in [3.63, 3.8) is 0 Å². The summed E-state index contributed by atoms with van der Waals surface area (Å²) < 4.78 is 18.1. The number of methoxy groups -OCH3 is 2. The first-order chi connectivity index (χ1) is 16.6. The SMILES string of the molecule is COC(OC)C(C)[C@H]1CC[C@H]2[C@@H]3C=C[C@@]4(O)C[C@@H](O[Si](C)(C)C(C)(C)C)C[C@H](O)[C@]4(C)[C@H]3CC[C@]12C. The van der Waals surface area contributed by atoms with Crippen molar-refractivity contribution in [2.75, 3.05) is 14.2 Å². The highest BCUT2D eigenvalue weighted by molar-refractivity contribution is 6.74. The van der Waals surface area contributed by atoms with Gasteiger partial charge in [0.2, 0.25) is 0 Å². The highest BCUT2D eigenvalue weighted by atomic mass is 28.4. The van der Waals surface area contributed by atoms with E-state index in [1.165, 1.54) is 12.8 Å². The fourth-order valence-corrected chi connectivity index (χ4v) is 10.4. The van der Waals surface area contributed by atoms with Gasteiger partial charge >= 0.3 is 0 Å². The summed E-state index contributed by atoms with van der Waals surface area (Å²) in [6.07, 6.45) is 9.32. The van der Waals surface area contributed by atoms with Crippen molar-refractivity contribution in [1.29, 1.82) is 0 Å². The van der Waals surface area contributed by atoms with Crippen LogP contribution in [-0.2, 0) is 13.9 Å². The van der Waals surface area contributed by atoms with Crippen molar-refractivity contribution in [2.45, 2.75) is 122 Å². The van der Waals surface area contributed by atoms with Gasteiger partial charge in [0.15, 0.2) is 14.6 Å². The van der Waals surface area contributed by atoms with Crippen molar-refractivity contribution >= 4 is 8.32 Å². The summed E-state index contributed by atoms with van der Waals surface area (Å²) in [5.74, 6) is 2.12. The number of rotatable bonds is 6. The normalized spacial score (nSPS) is 45.8. The maximum atomic E-state index is 12.2. The average molecular weight is 523 g/mol. The Labute approximate surface area is 221 Å². The van der Waals surface area contributed by atoms with E-state index in [4.69, 9.17) is 13.9 Å². The number of ether oxygens (including phenoxy) is 2. The number of fused-ring (bicyclic) bond motifs is 5. The highest BCUT2D eigenvalue weighted by Gasteiger charge is 2.66. The Morgan fingerprint density at radius 1 is 1.03 bits per heavy atom. The quantitative estimate of drug-likeness (QED) is 0.249. The van der Waals surface area contributed by atoms with Crippen molar-refractivity contribution in [1.82, 2.24) is 0 Å². The number of aliphatic hydroxyl groups is 2. The van der Waals surface area contributed by atoms with E-state index >= 15 is 0 Å². The topological polar surface area (TPSA) is 68.2 Å². The molecule has 3 saturated carbocycles. The van der Waals surface area contributed by atoms with Crippen LogP contribution in [0.5, 0.6) is 0 Å². The van der Waals surface area contributed by atoms with Gasteiger partial charge in [0, 0.05) is 32.0 Å². The molecule has 0 spiro atoms. The molecule has 208 valence electrons. The monoisotopic (exact) mass is 522 g/mol. The van der Waals surface area contributed by atoms with Crippen LogP contribution in [0.15, 0.2) is 12.2 Å². The molecule has 0 bridgehead atoms. The minimum Gasteiger partial charge on any atom is -0.414 e. The zero-order valence-electron chi connectivity index (χ0n) is 24.6. The Balaban J connectivity index is 1.60. The molecule has 3 fully saturated rings. The average Bonchev–Trinajstić information content (AvgIpc) is 3.12. The first-order valence-corrected chi connectivity index (χ1v) is 17.3. The van der Waals surface area contributed by atoms with Gasteiger partial charge in [-0.25, -0.2) is 0 Å². The minimum atomic E-state index is -2.00. The lowest BCUT2D eigenvalue weighted by Gasteiger charge is -2.63. The summed E-state index contributed by atoms with van der Waals surface area (Å²) in [7, 11) is 1.49. The lowest BCUT2D eigenvalue weighted by Crippen LogP contribution is -2.67. The van der Waals surface area contributed by atoms with E-state index in [-0.39, 0.29) is 28.8 Å². The van der Waals surface area contributed by atoms with Crippen LogP contribution in [0.4, 0.5) is 0 Å². The van der Waals surface area contributed by atoms with Crippen molar-refractivity contribution in [2.24, 2.45) is 40.4 Å². The molecule has 0 aromatic rings. The van der Waals surface area contributed by atoms with E-state index in [1.54, 1.807) is 14.2 Å². The Hall–Kier alpha value is -0.243. The third kappa shape index (κ3) is 4.21. The van der Waals surface area contributed by atoms with Crippen LogP contribution in [-0.4, -0.2) is 56.8 Å². The second-order valence-electron chi connectivity index (χ2n) is 14.7. The molecule has 1 unspecified atom stereocenters.